The monoisotopic (exact) mass is 451 g/mol. The van der Waals surface area contributed by atoms with Crippen LogP contribution in [0.1, 0.15) is 37.0 Å². The first-order chi connectivity index (χ1) is 13.6. The quantitative estimate of drug-likeness (QED) is 0.475. The van der Waals surface area contributed by atoms with Crippen molar-refractivity contribution in [1.82, 2.24) is 15.0 Å². The molecule has 0 aliphatic rings. The maximum Gasteiger partial charge on any atom is 0.295 e. The lowest BCUT2D eigenvalue weighted by Gasteiger charge is -2.18. The van der Waals surface area contributed by atoms with Gasteiger partial charge in [-0.1, -0.05) is 34.8 Å². The molecule has 0 saturated carbocycles. The van der Waals surface area contributed by atoms with Gasteiger partial charge in [0, 0.05) is 15.6 Å². The number of hydrogen-bond acceptors (Lipinski definition) is 3. The normalized spacial score (nSPS) is 11.6. The summed E-state index contributed by atoms with van der Waals surface area (Å²) in [7, 11) is 0. The highest BCUT2D eigenvalue weighted by molar-refractivity contribution is 6.35. The summed E-state index contributed by atoms with van der Waals surface area (Å²) in [5.41, 5.74) is 4.19. The summed E-state index contributed by atoms with van der Waals surface area (Å²) in [5, 5.41) is 1.55. The molecule has 152 valence electrons. The van der Waals surface area contributed by atoms with E-state index >= 15 is 0 Å². The number of rotatable bonds is 4. The van der Waals surface area contributed by atoms with Crippen LogP contribution in [0.5, 0.6) is 0 Å². The Balaban J connectivity index is 2.15. The molecule has 0 bridgehead atoms. The Bertz CT molecular complexity index is 1050. The average Bonchev–Trinajstić information content (AvgIpc) is 2.97. The predicted molar refractivity (Wildman–Crippen MR) is 117 cm³/mol. The SMILES string of the molecule is Cc1c(C(=O)NOC(C)(C)C)nc(-c2ccc(Cl)cc2)n1-c1ccc(Cl)cc1Cl. The molecule has 8 heteroatoms. The number of hydroxylamine groups is 1. The van der Waals surface area contributed by atoms with Gasteiger partial charge in [-0.05, 0) is 70.2 Å². The fourth-order valence-electron chi connectivity index (χ4n) is 2.71. The van der Waals surface area contributed by atoms with Crippen LogP contribution in [0.25, 0.3) is 17.1 Å². The molecule has 0 spiro atoms. The van der Waals surface area contributed by atoms with E-state index in [0.29, 0.717) is 32.3 Å². The fraction of sp³-hybridized carbons (Fsp3) is 0.238. The van der Waals surface area contributed by atoms with E-state index in [1.165, 1.54) is 0 Å². The predicted octanol–water partition coefficient (Wildman–Crippen LogP) is 6.27. The maximum absolute atomic E-state index is 12.7. The first-order valence-electron chi connectivity index (χ1n) is 8.86. The van der Waals surface area contributed by atoms with Crippen molar-refractivity contribution < 1.29 is 9.63 Å². The molecule has 1 N–H and O–H groups in total. The third-order valence-electron chi connectivity index (χ3n) is 4.03. The van der Waals surface area contributed by atoms with Crippen LogP contribution in [-0.4, -0.2) is 21.1 Å². The Morgan fingerprint density at radius 1 is 1.03 bits per heavy atom. The zero-order valence-electron chi connectivity index (χ0n) is 16.4. The van der Waals surface area contributed by atoms with E-state index in [1.54, 1.807) is 37.3 Å². The number of halogens is 3. The zero-order chi connectivity index (χ0) is 21.3. The van der Waals surface area contributed by atoms with Gasteiger partial charge in [0.15, 0.2) is 5.69 Å². The van der Waals surface area contributed by atoms with Crippen molar-refractivity contribution >= 4 is 40.7 Å². The molecule has 3 aromatic rings. The molecule has 3 rings (SSSR count). The van der Waals surface area contributed by atoms with E-state index in [4.69, 9.17) is 39.6 Å². The second-order valence-electron chi connectivity index (χ2n) is 7.45. The van der Waals surface area contributed by atoms with Gasteiger partial charge >= 0.3 is 0 Å². The van der Waals surface area contributed by atoms with Crippen LogP contribution in [0.15, 0.2) is 42.5 Å². The van der Waals surface area contributed by atoms with Gasteiger partial charge < -0.3 is 0 Å². The first kappa shape index (κ1) is 21.7. The number of imidazole rings is 1. The molecule has 1 heterocycles. The Kier molecular flexibility index (Phi) is 6.24. The Morgan fingerprint density at radius 3 is 2.24 bits per heavy atom. The summed E-state index contributed by atoms with van der Waals surface area (Å²) in [4.78, 5) is 22.7. The van der Waals surface area contributed by atoms with Crippen molar-refractivity contribution in [2.75, 3.05) is 0 Å². The van der Waals surface area contributed by atoms with Gasteiger partial charge in [-0.2, -0.15) is 0 Å². The van der Waals surface area contributed by atoms with Gasteiger partial charge in [0.1, 0.15) is 5.82 Å². The molecule has 0 aliphatic carbocycles. The highest BCUT2D eigenvalue weighted by Crippen LogP contribution is 2.32. The summed E-state index contributed by atoms with van der Waals surface area (Å²) in [6.07, 6.45) is 0. The minimum absolute atomic E-state index is 0.227. The largest absolute Gasteiger partial charge is 0.295 e. The van der Waals surface area contributed by atoms with Crippen molar-refractivity contribution in [2.24, 2.45) is 0 Å². The lowest BCUT2D eigenvalue weighted by molar-refractivity contribution is -0.0591. The number of nitrogens with zero attached hydrogens (tertiary/aromatic N) is 2. The maximum atomic E-state index is 12.7. The summed E-state index contributed by atoms with van der Waals surface area (Å²) < 4.78 is 1.81. The molecule has 1 aromatic heterocycles. The van der Waals surface area contributed by atoms with Crippen LogP contribution in [0, 0.1) is 6.92 Å². The second-order valence-corrected chi connectivity index (χ2v) is 8.73. The molecule has 0 aliphatic heterocycles. The Hall–Kier alpha value is -2.05. The molecule has 0 radical (unpaired) electrons. The van der Waals surface area contributed by atoms with Crippen LogP contribution >= 0.6 is 34.8 Å². The van der Waals surface area contributed by atoms with Crippen molar-refractivity contribution in [3.63, 3.8) is 0 Å². The summed E-state index contributed by atoms with van der Waals surface area (Å²) in [6.45, 7) is 7.31. The Labute approximate surface area is 184 Å². The zero-order valence-corrected chi connectivity index (χ0v) is 18.7. The average molecular weight is 453 g/mol. The number of carbonyl (C=O) groups is 1. The topological polar surface area (TPSA) is 56.1 Å². The molecule has 0 fully saturated rings. The van der Waals surface area contributed by atoms with E-state index in [1.807, 2.05) is 37.5 Å². The number of aromatic nitrogens is 2. The van der Waals surface area contributed by atoms with Crippen molar-refractivity contribution in [3.8, 4) is 17.1 Å². The lowest BCUT2D eigenvalue weighted by atomic mass is 10.2. The molecule has 0 saturated heterocycles. The van der Waals surface area contributed by atoms with Crippen LogP contribution < -0.4 is 5.48 Å². The molecule has 2 aromatic carbocycles. The summed E-state index contributed by atoms with van der Waals surface area (Å²) in [5.74, 6) is 0.0979. The molecule has 1 amide bonds. The van der Waals surface area contributed by atoms with Crippen LogP contribution in [0.2, 0.25) is 15.1 Å². The van der Waals surface area contributed by atoms with Crippen LogP contribution in [0.3, 0.4) is 0 Å². The number of benzene rings is 2. The smallest absolute Gasteiger partial charge is 0.295 e. The van der Waals surface area contributed by atoms with Gasteiger partial charge in [0.05, 0.1) is 22.0 Å². The number of hydrogen-bond donors (Lipinski definition) is 1. The van der Waals surface area contributed by atoms with Gasteiger partial charge in [0.2, 0.25) is 0 Å². The molecule has 29 heavy (non-hydrogen) atoms. The van der Waals surface area contributed by atoms with E-state index in [9.17, 15) is 4.79 Å². The third kappa shape index (κ3) is 4.93. The van der Waals surface area contributed by atoms with E-state index < -0.39 is 11.5 Å². The minimum Gasteiger partial charge on any atom is -0.295 e. The minimum atomic E-state index is -0.537. The van der Waals surface area contributed by atoms with Gasteiger partial charge in [-0.3, -0.25) is 14.2 Å². The molecule has 0 unspecified atom stereocenters. The molecular formula is C21H20Cl3N3O2. The summed E-state index contributed by atoms with van der Waals surface area (Å²) >= 11 is 18.5. The van der Waals surface area contributed by atoms with Crippen LogP contribution in [0.4, 0.5) is 0 Å². The van der Waals surface area contributed by atoms with E-state index in [2.05, 4.69) is 10.5 Å². The third-order valence-corrected chi connectivity index (χ3v) is 4.82. The first-order valence-corrected chi connectivity index (χ1v) is 9.99. The van der Waals surface area contributed by atoms with Gasteiger partial charge in [0.25, 0.3) is 5.91 Å². The highest BCUT2D eigenvalue weighted by atomic mass is 35.5. The number of carbonyl (C=O) groups excluding carboxylic acids is 1. The Morgan fingerprint density at radius 2 is 1.66 bits per heavy atom. The standard InChI is InChI=1S/C21H20Cl3N3O2/c1-12-18(20(28)26-29-21(2,3)4)25-19(13-5-7-14(22)8-6-13)27(12)17-10-9-15(23)11-16(17)24/h5-11H,1-4H3,(H,26,28). The van der Waals surface area contributed by atoms with E-state index in [-0.39, 0.29) is 5.69 Å². The fourth-order valence-corrected chi connectivity index (χ4v) is 3.33. The van der Waals surface area contributed by atoms with Gasteiger partial charge in [-0.15, -0.1) is 0 Å². The number of nitrogens with one attached hydrogen (secondary N) is 1. The van der Waals surface area contributed by atoms with Crippen molar-refractivity contribution in [1.29, 1.82) is 0 Å². The van der Waals surface area contributed by atoms with Crippen molar-refractivity contribution in [3.05, 3.63) is 68.9 Å². The van der Waals surface area contributed by atoms with Crippen LogP contribution in [-0.2, 0) is 4.84 Å². The van der Waals surface area contributed by atoms with E-state index in [0.717, 1.165) is 5.56 Å². The highest BCUT2D eigenvalue weighted by Gasteiger charge is 2.24. The summed E-state index contributed by atoms with van der Waals surface area (Å²) in [6, 6.07) is 12.3. The number of amides is 1. The lowest BCUT2D eigenvalue weighted by Crippen LogP contribution is -2.34. The molecule has 5 nitrogen and oxygen atoms in total. The van der Waals surface area contributed by atoms with Crippen molar-refractivity contribution in [2.45, 2.75) is 33.3 Å². The second kappa shape index (κ2) is 8.36. The van der Waals surface area contributed by atoms with Gasteiger partial charge in [-0.25, -0.2) is 10.5 Å². The molecule has 0 atom stereocenters. The molecular weight excluding hydrogens is 433 g/mol.